The minimum absolute atomic E-state index is 0.470. The van der Waals surface area contributed by atoms with Gasteiger partial charge in [-0.1, -0.05) is 0 Å². The average molecular weight is 253 g/mol. The fourth-order valence-electron chi connectivity index (χ4n) is 1.87. The lowest BCUT2D eigenvalue weighted by molar-refractivity contribution is 0.412. The molecule has 0 aliphatic rings. The predicted octanol–water partition coefficient (Wildman–Crippen LogP) is 3.20. The number of methoxy groups -OCH3 is 1. The largest absolute Gasteiger partial charge is 0.496 e. The van der Waals surface area contributed by atoms with Crippen molar-refractivity contribution < 1.29 is 4.74 Å². The van der Waals surface area contributed by atoms with Crippen molar-refractivity contribution >= 4 is 17.1 Å². The molecule has 0 fully saturated rings. The first-order chi connectivity index (χ1) is 9.13. The molecule has 0 unspecified atom stereocenters. The molecule has 4 nitrogen and oxygen atoms in total. The van der Waals surface area contributed by atoms with Gasteiger partial charge < -0.3 is 15.8 Å². The molecule has 4 heteroatoms. The SMILES string of the molecule is COc1ccc(Nc2ccc(C#N)c(N)c2)cc1C. The van der Waals surface area contributed by atoms with Crippen LogP contribution in [0.5, 0.6) is 5.75 Å². The maximum atomic E-state index is 8.83. The number of hydrogen-bond acceptors (Lipinski definition) is 4. The van der Waals surface area contributed by atoms with Crippen molar-refractivity contribution in [3.63, 3.8) is 0 Å². The van der Waals surface area contributed by atoms with Crippen LogP contribution in [-0.4, -0.2) is 7.11 Å². The van der Waals surface area contributed by atoms with Crippen LogP contribution in [-0.2, 0) is 0 Å². The molecule has 0 amide bonds. The first-order valence-corrected chi connectivity index (χ1v) is 5.85. The zero-order valence-electron chi connectivity index (χ0n) is 10.9. The number of nitriles is 1. The first-order valence-electron chi connectivity index (χ1n) is 5.85. The lowest BCUT2D eigenvalue weighted by Gasteiger charge is -2.10. The number of nitrogens with two attached hydrogens (primary N) is 1. The highest BCUT2D eigenvalue weighted by molar-refractivity contribution is 5.68. The van der Waals surface area contributed by atoms with Crippen LogP contribution in [0.3, 0.4) is 0 Å². The highest BCUT2D eigenvalue weighted by Crippen LogP contribution is 2.25. The molecule has 2 aromatic carbocycles. The monoisotopic (exact) mass is 253 g/mol. The van der Waals surface area contributed by atoms with Crippen LogP contribution in [0.4, 0.5) is 17.1 Å². The van der Waals surface area contributed by atoms with Crippen molar-refractivity contribution in [3.05, 3.63) is 47.5 Å². The van der Waals surface area contributed by atoms with E-state index in [0.29, 0.717) is 11.3 Å². The third-order valence-electron chi connectivity index (χ3n) is 2.86. The molecule has 2 rings (SSSR count). The van der Waals surface area contributed by atoms with E-state index in [2.05, 4.69) is 5.32 Å². The molecule has 0 radical (unpaired) electrons. The van der Waals surface area contributed by atoms with Gasteiger partial charge in [-0.3, -0.25) is 0 Å². The summed E-state index contributed by atoms with van der Waals surface area (Å²) in [5.41, 5.74) is 9.58. The summed E-state index contributed by atoms with van der Waals surface area (Å²) >= 11 is 0. The zero-order valence-corrected chi connectivity index (χ0v) is 10.9. The number of nitrogens with zero attached hydrogens (tertiary/aromatic N) is 1. The Morgan fingerprint density at radius 3 is 2.42 bits per heavy atom. The summed E-state index contributed by atoms with van der Waals surface area (Å²) in [5.74, 6) is 0.852. The summed E-state index contributed by atoms with van der Waals surface area (Å²) in [6.45, 7) is 1.98. The molecule has 0 heterocycles. The van der Waals surface area contributed by atoms with Crippen molar-refractivity contribution in [2.45, 2.75) is 6.92 Å². The molecule has 0 saturated heterocycles. The van der Waals surface area contributed by atoms with Gasteiger partial charge in [0.05, 0.1) is 18.4 Å². The molecule has 19 heavy (non-hydrogen) atoms. The zero-order chi connectivity index (χ0) is 13.8. The molecular weight excluding hydrogens is 238 g/mol. The number of nitrogens with one attached hydrogen (secondary N) is 1. The van der Waals surface area contributed by atoms with Crippen molar-refractivity contribution in [1.29, 1.82) is 5.26 Å². The Bertz CT molecular complexity index is 644. The summed E-state index contributed by atoms with van der Waals surface area (Å²) in [6, 6.07) is 13.2. The van der Waals surface area contributed by atoms with Crippen LogP contribution in [0.2, 0.25) is 0 Å². The van der Waals surface area contributed by atoms with E-state index in [0.717, 1.165) is 22.7 Å². The van der Waals surface area contributed by atoms with Crippen molar-refractivity contribution in [2.75, 3.05) is 18.2 Å². The fraction of sp³-hybridized carbons (Fsp3) is 0.133. The van der Waals surface area contributed by atoms with Gasteiger partial charge in [0.1, 0.15) is 11.8 Å². The Labute approximate surface area is 112 Å². The molecule has 0 saturated carbocycles. The summed E-state index contributed by atoms with van der Waals surface area (Å²) in [4.78, 5) is 0. The van der Waals surface area contributed by atoms with Gasteiger partial charge in [-0.25, -0.2) is 0 Å². The molecule has 0 spiro atoms. The highest BCUT2D eigenvalue weighted by atomic mass is 16.5. The van der Waals surface area contributed by atoms with Crippen LogP contribution in [0.1, 0.15) is 11.1 Å². The quantitative estimate of drug-likeness (QED) is 0.824. The Hall–Kier alpha value is -2.67. The summed E-state index contributed by atoms with van der Waals surface area (Å²) in [7, 11) is 1.65. The Kier molecular flexibility index (Phi) is 3.58. The number of anilines is 3. The number of benzene rings is 2. The molecule has 96 valence electrons. The Morgan fingerprint density at radius 2 is 1.84 bits per heavy atom. The molecule has 3 N–H and O–H groups in total. The van der Waals surface area contributed by atoms with E-state index in [1.54, 1.807) is 19.2 Å². The molecular formula is C15H15N3O. The summed E-state index contributed by atoms with van der Waals surface area (Å²) < 4.78 is 5.22. The fourth-order valence-corrected chi connectivity index (χ4v) is 1.87. The van der Waals surface area contributed by atoms with E-state index in [9.17, 15) is 0 Å². The van der Waals surface area contributed by atoms with Gasteiger partial charge in [-0.15, -0.1) is 0 Å². The first kappa shape index (κ1) is 12.8. The standard InChI is InChI=1S/C15H15N3O/c1-10-7-12(5-6-15(10)19-2)18-13-4-3-11(9-16)14(17)8-13/h3-8,18H,17H2,1-2H3. The second-order valence-corrected chi connectivity index (χ2v) is 4.22. The van der Waals surface area contributed by atoms with E-state index in [-0.39, 0.29) is 0 Å². The second kappa shape index (κ2) is 5.32. The number of aryl methyl sites for hydroxylation is 1. The van der Waals surface area contributed by atoms with Crippen molar-refractivity contribution in [3.8, 4) is 11.8 Å². The van der Waals surface area contributed by atoms with Crippen LogP contribution < -0.4 is 15.8 Å². The van der Waals surface area contributed by atoms with E-state index >= 15 is 0 Å². The number of nitrogen functional groups attached to an aromatic ring is 1. The normalized spacial score (nSPS) is 9.74. The average Bonchev–Trinajstić information content (AvgIpc) is 2.39. The van der Waals surface area contributed by atoms with Gasteiger partial charge in [0, 0.05) is 11.4 Å². The molecule has 0 atom stereocenters. The third kappa shape index (κ3) is 2.78. The Morgan fingerprint density at radius 1 is 1.16 bits per heavy atom. The minimum Gasteiger partial charge on any atom is -0.496 e. The van der Waals surface area contributed by atoms with E-state index in [1.807, 2.05) is 37.3 Å². The highest BCUT2D eigenvalue weighted by Gasteiger charge is 2.02. The van der Waals surface area contributed by atoms with Gasteiger partial charge in [-0.2, -0.15) is 5.26 Å². The number of hydrogen-bond donors (Lipinski definition) is 2. The number of rotatable bonds is 3. The number of ether oxygens (including phenoxy) is 1. The predicted molar refractivity (Wildman–Crippen MR) is 76.6 cm³/mol. The van der Waals surface area contributed by atoms with Gasteiger partial charge in [-0.05, 0) is 48.9 Å². The van der Waals surface area contributed by atoms with E-state index in [4.69, 9.17) is 15.7 Å². The van der Waals surface area contributed by atoms with E-state index in [1.165, 1.54) is 0 Å². The summed E-state index contributed by atoms with van der Waals surface area (Å²) in [6.07, 6.45) is 0. The maximum Gasteiger partial charge on any atom is 0.121 e. The second-order valence-electron chi connectivity index (χ2n) is 4.22. The summed E-state index contributed by atoms with van der Waals surface area (Å²) in [5, 5.41) is 12.1. The van der Waals surface area contributed by atoms with Gasteiger partial charge in [0.25, 0.3) is 0 Å². The third-order valence-corrected chi connectivity index (χ3v) is 2.86. The minimum atomic E-state index is 0.470. The van der Waals surface area contributed by atoms with Crippen molar-refractivity contribution in [2.24, 2.45) is 0 Å². The van der Waals surface area contributed by atoms with Crippen molar-refractivity contribution in [1.82, 2.24) is 0 Å². The maximum absolute atomic E-state index is 8.83. The van der Waals surface area contributed by atoms with Crippen LogP contribution in [0, 0.1) is 18.3 Å². The smallest absolute Gasteiger partial charge is 0.121 e. The molecule has 2 aromatic rings. The lowest BCUT2D eigenvalue weighted by Crippen LogP contribution is -1.96. The van der Waals surface area contributed by atoms with E-state index < -0.39 is 0 Å². The van der Waals surface area contributed by atoms with Gasteiger partial charge in [0.2, 0.25) is 0 Å². The molecule has 0 aliphatic carbocycles. The van der Waals surface area contributed by atoms with Crippen LogP contribution in [0.25, 0.3) is 0 Å². The Balaban J connectivity index is 2.24. The molecule has 0 aliphatic heterocycles. The lowest BCUT2D eigenvalue weighted by atomic mass is 10.1. The molecule has 0 aromatic heterocycles. The van der Waals surface area contributed by atoms with Crippen LogP contribution >= 0.6 is 0 Å². The van der Waals surface area contributed by atoms with Gasteiger partial charge >= 0.3 is 0 Å². The van der Waals surface area contributed by atoms with Gasteiger partial charge in [0.15, 0.2) is 0 Å². The van der Waals surface area contributed by atoms with Crippen LogP contribution in [0.15, 0.2) is 36.4 Å². The molecule has 0 bridgehead atoms. The topological polar surface area (TPSA) is 71.1 Å².